The molecule has 0 bridgehead atoms. The summed E-state index contributed by atoms with van der Waals surface area (Å²) < 4.78 is 25.0. The van der Waals surface area contributed by atoms with Crippen molar-refractivity contribution in [1.29, 1.82) is 0 Å². The number of hydrogen-bond acceptors (Lipinski definition) is 3. The van der Waals surface area contributed by atoms with Gasteiger partial charge < -0.3 is 5.32 Å². The minimum absolute atomic E-state index is 0.227. The maximum atomic E-state index is 11.2. The molecular formula is C9H22N2O2S. The smallest absolute Gasteiger partial charge is 0.211 e. The van der Waals surface area contributed by atoms with E-state index in [9.17, 15) is 8.42 Å². The molecule has 14 heavy (non-hydrogen) atoms. The summed E-state index contributed by atoms with van der Waals surface area (Å²) in [4.78, 5) is 0. The summed E-state index contributed by atoms with van der Waals surface area (Å²) in [7, 11) is -3.01. The van der Waals surface area contributed by atoms with E-state index in [1.165, 1.54) is 0 Å². The van der Waals surface area contributed by atoms with E-state index in [1.807, 2.05) is 6.92 Å². The second-order valence-electron chi connectivity index (χ2n) is 3.68. The molecule has 0 unspecified atom stereocenters. The van der Waals surface area contributed by atoms with E-state index in [1.54, 1.807) is 0 Å². The Hall–Kier alpha value is -0.130. The van der Waals surface area contributed by atoms with Crippen LogP contribution < -0.4 is 10.0 Å². The molecule has 0 aliphatic carbocycles. The normalized spacial score (nSPS) is 12.3. The Morgan fingerprint density at radius 1 is 1.21 bits per heavy atom. The monoisotopic (exact) mass is 222 g/mol. The van der Waals surface area contributed by atoms with E-state index in [4.69, 9.17) is 0 Å². The van der Waals surface area contributed by atoms with Gasteiger partial charge in [-0.1, -0.05) is 20.8 Å². The Morgan fingerprint density at radius 2 is 1.86 bits per heavy atom. The standard InChI is InChI=1S/C9H22N2O2S/c1-4-8-14(12,13)11-7-5-6-10-9(2)3/h9-11H,4-8H2,1-3H3. The molecule has 2 N–H and O–H groups in total. The molecule has 0 aliphatic heterocycles. The van der Waals surface area contributed by atoms with Crippen molar-refractivity contribution in [3.63, 3.8) is 0 Å². The number of hydrogen-bond donors (Lipinski definition) is 2. The zero-order valence-electron chi connectivity index (χ0n) is 9.34. The summed E-state index contributed by atoms with van der Waals surface area (Å²) in [5, 5.41) is 3.23. The van der Waals surface area contributed by atoms with Gasteiger partial charge in [0.2, 0.25) is 10.0 Å². The lowest BCUT2D eigenvalue weighted by molar-refractivity contribution is 0.554. The van der Waals surface area contributed by atoms with Crippen molar-refractivity contribution >= 4 is 10.0 Å². The first-order chi connectivity index (χ1) is 6.48. The molecule has 0 aliphatic rings. The van der Waals surface area contributed by atoms with Gasteiger partial charge in [0.25, 0.3) is 0 Å². The number of sulfonamides is 1. The predicted molar refractivity (Wildman–Crippen MR) is 59.8 cm³/mol. The molecule has 0 fully saturated rings. The van der Waals surface area contributed by atoms with Crippen molar-refractivity contribution in [2.24, 2.45) is 0 Å². The van der Waals surface area contributed by atoms with E-state index in [0.717, 1.165) is 13.0 Å². The molecule has 0 amide bonds. The van der Waals surface area contributed by atoms with Gasteiger partial charge in [-0.25, -0.2) is 13.1 Å². The molecule has 0 saturated carbocycles. The van der Waals surface area contributed by atoms with Crippen LogP contribution in [0.5, 0.6) is 0 Å². The fourth-order valence-corrected chi connectivity index (χ4v) is 2.18. The molecule has 0 spiro atoms. The summed E-state index contributed by atoms with van der Waals surface area (Å²) in [6, 6.07) is 0.460. The third kappa shape index (κ3) is 8.47. The molecule has 0 aromatic carbocycles. The summed E-state index contributed by atoms with van der Waals surface area (Å²) in [6.45, 7) is 7.39. The minimum atomic E-state index is -3.01. The molecule has 0 saturated heterocycles. The van der Waals surface area contributed by atoms with Crippen LogP contribution in [0.15, 0.2) is 0 Å². The summed E-state index contributed by atoms with van der Waals surface area (Å²) in [5.74, 6) is 0.227. The van der Waals surface area contributed by atoms with Crippen LogP contribution in [0.1, 0.15) is 33.6 Å². The Morgan fingerprint density at radius 3 is 2.36 bits per heavy atom. The fraction of sp³-hybridized carbons (Fsp3) is 1.00. The maximum Gasteiger partial charge on any atom is 0.211 e. The van der Waals surface area contributed by atoms with Gasteiger partial charge in [-0.15, -0.1) is 0 Å². The van der Waals surface area contributed by atoms with Gasteiger partial charge in [0.15, 0.2) is 0 Å². The lowest BCUT2D eigenvalue weighted by Crippen LogP contribution is -2.30. The molecule has 0 aromatic heterocycles. The first kappa shape index (κ1) is 13.9. The Labute approximate surface area is 87.5 Å². The highest BCUT2D eigenvalue weighted by molar-refractivity contribution is 7.89. The van der Waals surface area contributed by atoms with Crippen molar-refractivity contribution in [1.82, 2.24) is 10.0 Å². The van der Waals surface area contributed by atoms with Crippen LogP contribution in [0.25, 0.3) is 0 Å². The second kappa shape index (κ2) is 7.20. The van der Waals surface area contributed by atoms with Gasteiger partial charge in [-0.3, -0.25) is 0 Å². The highest BCUT2D eigenvalue weighted by atomic mass is 32.2. The van der Waals surface area contributed by atoms with Gasteiger partial charge in [0.05, 0.1) is 5.75 Å². The molecule has 0 aromatic rings. The van der Waals surface area contributed by atoms with Crippen LogP contribution in [0.2, 0.25) is 0 Å². The zero-order valence-corrected chi connectivity index (χ0v) is 10.2. The van der Waals surface area contributed by atoms with Crippen LogP contribution in [-0.4, -0.2) is 33.3 Å². The van der Waals surface area contributed by atoms with Gasteiger partial charge in [-0.2, -0.15) is 0 Å². The van der Waals surface area contributed by atoms with Gasteiger partial charge in [0, 0.05) is 12.6 Å². The van der Waals surface area contributed by atoms with Crippen molar-refractivity contribution < 1.29 is 8.42 Å². The summed E-state index contributed by atoms with van der Waals surface area (Å²) in [5.41, 5.74) is 0. The first-order valence-electron chi connectivity index (χ1n) is 5.18. The molecule has 4 nitrogen and oxygen atoms in total. The van der Waals surface area contributed by atoms with Crippen LogP contribution in [-0.2, 0) is 10.0 Å². The Bertz CT molecular complexity index is 225. The van der Waals surface area contributed by atoms with E-state index in [2.05, 4.69) is 23.9 Å². The minimum Gasteiger partial charge on any atom is -0.314 e. The van der Waals surface area contributed by atoms with Crippen molar-refractivity contribution in [3.8, 4) is 0 Å². The molecule has 0 atom stereocenters. The lowest BCUT2D eigenvalue weighted by atomic mass is 10.3. The molecule has 0 radical (unpaired) electrons. The van der Waals surface area contributed by atoms with E-state index >= 15 is 0 Å². The van der Waals surface area contributed by atoms with Crippen molar-refractivity contribution in [2.45, 2.75) is 39.7 Å². The summed E-state index contributed by atoms with van der Waals surface area (Å²) in [6.07, 6.45) is 1.50. The fourth-order valence-electron chi connectivity index (χ4n) is 1.05. The second-order valence-corrected chi connectivity index (χ2v) is 5.60. The summed E-state index contributed by atoms with van der Waals surface area (Å²) >= 11 is 0. The molecule has 0 heterocycles. The number of rotatable bonds is 8. The van der Waals surface area contributed by atoms with Crippen LogP contribution >= 0.6 is 0 Å². The van der Waals surface area contributed by atoms with Crippen molar-refractivity contribution in [2.75, 3.05) is 18.8 Å². The van der Waals surface area contributed by atoms with Gasteiger partial charge in [0.1, 0.15) is 0 Å². The van der Waals surface area contributed by atoms with Crippen LogP contribution in [0.3, 0.4) is 0 Å². The average Bonchev–Trinajstić information content (AvgIpc) is 2.02. The Balaban J connectivity index is 3.45. The molecular weight excluding hydrogens is 200 g/mol. The molecule has 5 heteroatoms. The third-order valence-corrected chi connectivity index (χ3v) is 3.29. The van der Waals surface area contributed by atoms with Crippen LogP contribution in [0.4, 0.5) is 0 Å². The lowest BCUT2D eigenvalue weighted by Gasteiger charge is -2.08. The highest BCUT2D eigenvalue weighted by Gasteiger charge is 2.06. The third-order valence-electron chi connectivity index (χ3n) is 1.70. The SMILES string of the molecule is CCCS(=O)(=O)NCCCNC(C)C. The van der Waals surface area contributed by atoms with E-state index in [0.29, 0.717) is 19.0 Å². The van der Waals surface area contributed by atoms with Crippen LogP contribution in [0, 0.1) is 0 Å². The predicted octanol–water partition coefficient (Wildman–Crippen LogP) is 0.704. The quantitative estimate of drug-likeness (QED) is 0.595. The maximum absolute atomic E-state index is 11.2. The molecule has 86 valence electrons. The van der Waals surface area contributed by atoms with E-state index < -0.39 is 10.0 Å². The number of nitrogens with one attached hydrogen (secondary N) is 2. The zero-order chi connectivity index (χ0) is 11.0. The topological polar surface area (TPSA) is 58.2 Å². The van der Waals surface area contributed by atoms with Crippen molar-refractivity contribution in [3.05, 3.63) is 0 Å². The van der Waals surface area contributed by atoms with E-state index in [-0.39, 0.29) is 5.75 Å². The largest absolute Gasteiger partial charge is 0.314 e. The van der Waals surface area contributed by atoms with Gasteiger partial charge in [-0.05, 0) is 19.4 Å². The first-order valence-corrected chi connectivity index (χ1v) is 6.84. The average molecular weight is 222 g/mol. The Kier molecular flexibility index (Phi) is 7.13. The van der Waals surface area contributed by atoms with Gasteiger partial charge >= 0.3 is 0 Å². The molecule has 0 rings (SSSR count). The highest BCUT2D eigenvalue weighted by Crippen LogP contribution is 1.88.